The Morgan fingerprint density at radius 2 is 1.44 bits per heavy atom. The molecule has 0 aliphatic rings. The summed E-state index contributed by atoms with van der Waals surface area (Å²) in [7, 11) is 1.33. The maximum atomic E-state index is 12.8. The van der Waals surface area contributed by atoms with Crippen LogP contribution in [0.1, 0.15) is 26.3 Å². The monoisotopic (exact) mass is 453 g/mol. The summed E-state index contributed by atoms with van der Waals surface area (Å²) >= 11 is 0. The van der Waals surface area contributed by atoms with E-state index in [1.807, 2.05) is 6.07 Å². The van der Waals surface area contributed by atoms with Gasteiger partial charge in [0, 0.05) is 12.1 Å². The molecular weight excluding hydrogens is 434 g/mol. The number of nitrogens with one attached hydrogen (secondary N) is 1. The van der Waals surface area contributed by atoms with Crippen molar-refractivity contribution in [2.45, 2.75) is 6.54 Å². The molecular formula is C26H19N3O5. The molecule has 8 nitrogen and oxygen atoms in total. The second-order valence-electron chi connectivity index (χ2n) is 7.45. The number of carbonyl (C=O) groups is 2. The quantitative estimate of drug-likeness (QED) is 0.366. The summed E-state index contributed by atoms with van der Waals surface area (Å²) in [6.07, 6.45) is 3.14. The molecule has 0 aliphatic carbocycles. The standard InChI is InChI=1S/C26H19N3O5/c1-32-26(31)17-8-6-16(7-9-17)15-27-25(30)18-10-11-19-20(14-18)29-24(22-5-3-13-34-22)23(28-19)21-4-2-12-33-21/h2-14H,15H2,1H3,(H,27,30). The lowest BCUT2D eigenvalue weighted by Crippen LogP contribution is -2.22. The van der Waals surface area contributed by atoms with Gasteiger partial charge in [0.25, 0.3) is 5.91 Å². The van der Waals surface area contributed by atoms with Crippen molar-refractivity contribution >= 4 is 22.9 Å². The molecule has 2 aromatic carbocycles. The Bertz CT molecular complexity index is 1460. The molecule has 34 heavy (non-hydrogen) atoms. The van der Waals surface area contributed by atoms with Gasteiger partial charge in [0.05, 0.1) is 36.2 Å². The highest BCUT2D eigenvalue weighted by atomic mass is 16.5. The van der Waals surface area contributed by atoms with E-state index in [4.69, 9.17) is 23.5 Å². The molecule has 0 atom stereocenters. The van der Waals surface area contributed by atoms with E-state index in [1.165, 1.54) is 7.11 Å². The number of methoxy groups -OCH3 is 1. The van der Waals surface area contributed by atoms with Crippen LogP contribution in [0, 0.1) is 0 Å². The second-order valence-corrected chi connectivity index (χ2v) is 7.45. The van der Waals surface area contributed by atoms with Gasteiger partial charge in [-0.15, -0.1) is 0 Å². The van der Waals surface area contributed by atoms with Crippen molar-refractivity contribution in [3.63, 3.8) is 0 Å². The lowest BCUT2D eigenvalue weighted by atomic mass is 10.1. The predicted molar refractivity (Wildman–Crippen MR) is 124 cm³/mol. The third-order valence-corrected chi connectivity index (χ3v) is 5.26. The molecule has 5 aromatic rings. The third-order valence-electron chi connectivity index (χ3n) is 5.26. The summed E-state index contributed by atoms with van der Waals surface area (Å²) in [6.45, 7) is 0.305. The number of furan rings is 2. The number of rotatable bonds is 6. The number of benzene rings is 2. The number of hydrogen-bond donors (Lipinski definition) is 1. The van der Waals surface area contributed by atoms with Crippen LogP contribution in [0.4, 0.5) is 0 Å². The summed E-state index contributed by atoms with van der Waals surface area (Å²) < 4.78 is 15.8. The highest BCUT2D eigenvalue weighted by Gasteiger charge is 2.18. The minimum atomic E-state index is -0.406. The Morgan fingerprint density at radius 3 is 2.03 bits per heavy atom. The second kappa shape index (κ2) is 9.03. The molecule has 8 heteroatoms. The highest BCUT2D eigenvalue weighted by Crippen LogP contribution is 2.31. The Balaban J connectivity index is 1.40. The van der Waals surface area contributed by atoms with Crippen molar-refractivity contribution < 1.29 is 23.2 Å². The Hall–Kier alpha value is -4.72. The van der Waals surface area contributed by atoms with E-state index in [0.717, 1.165) is 5.56 Å². The Morgan fingerprint density at radius 1 is 0.824 bits per heavy atom. The topological polar surface area (TPSA) is 107 Å². The van der Waals surface area contributed by atoms with Crippen molar-refractivity contribution in [3.8, 4) is 22.9 Å². The van der Waals surface area contributed by atoms with Gasteiger partial charge in [-0.3, -0.25) is 4.79 Å². The number of ether oxygens (including phenoxy) is 1. The number of fused-ring (bicyclic) bond motifs is 1. The van der Waals surface area contributed by atoms with Crippen molar-refractivity contribution in [3.05, 3.63) is 95.9 Å². The van der Waals surface area contributed by atoms with Crippen LogP contribution in [-0.2, 0) is 11.3 Å². The van der Waals surface area contributed by atoms with Gasteiger partial charge in [0.15, 0.2) is 11.5 Å². The van der Waals surface area contributed by atoms with Crippen LogP contribution in [0.25, 0.3) is 33.9 Å². The van der Waals surface area contributed by atoms with Gasteiger partial charge < -0.3 is 18.9 Å². The van der Waals surface area contributed by atoms with Gasteiger partial charge in [0.1, 0.15) is 11.4 Å². The smallest absolute Gasteiger partial charge is 0.337 e. The first-order valence-electron chi connectivity index (χ1n) is 10.5. The molecule has 1 amide bonds. The molecule has 0 bridgehead atoms. The summed E-state index contributed by atoms with van der Waals surface area (Å²) in [5.41, 5.74) is 4.00. The van der Waals surface area contributed by atoms with Crippen LogP contribution in [0.15, 0.2) is 88.1 Å². The van der Waals surface area contributed by atoms with Crippen molar-refractivity contribution in [1.82, 2.24) is 15.3 Å². The fourth-order valence-corrected chi connectivity index (χ4v) is 3.53. The molecule has 3 aromatic heterocycles. The van der Waals surface area contributed by atoms with Gasteiger partial charge in [-0.05, 0) is 60.2 Å². The maximum Gasteiger partial charge on any atom is 0.337 e. The zero-order valence-corrected chi connectivity index (χ0v) is 18.1. The molecule has 168 valence electrons. The van der Waals surface area contributed by atoms with Gasteiger partial charge in [-0.2, -0.15) is 0 Å². The van der Waals surface area contributed by atoms with Crippen LogP contribution >= 0.6 is 0 Å². The van der Waals surface area contributed by atoms with Gasteiger partial charge in [0.2, 0.25) is 0 Å². The first kappa shape index (κ1) is 21.1. The van der Waals surface area contributed by atoms with E-state index < -0.39 is 5.97 Å². The number of esters is 1. The normalized spacial score (nSPS) is 10.9. The van der Waals surface area contributed by atoms with E-state index in [1.54, 1.807) is 73.2 Å². The lowest BCUT2D eigenvalue weighted by Gasteiger charge is -2.09. The first-order valence-corrected chi connectivity index (χ1v) is 10.5. The molecule has 3 heterocycles. The largest absolute Gasteiger partial charge is 0.465 e. The molecule has 5 rings (SSSR count). The molecule has 0 radical (unpaired) electrons. The molecule has 0 aliphatic heterocycles. The van der Waals surface area contributed by atoms with E-state index in [9.17, 15) is 9.59 Å². The van der Waals surface area contributed by atoms with E-state index in [2.05, 4.69) is 5.32 Å². The van der Waals surface area contributed by atoms with Gasteiger partial charge in [-0.25, -0.2) is 14.8 Å². The SMILES string of the molecule is COC(=O)c1ccc(CNC(=O)c2ccc3nc(-c4ccco4)c(-c4ccco4)nc3c2)cc1. The van der Waals surface area contributed by atoms with Crippen molar-refractivity contribution in [1.29, 1.82) is 0 Å². The Kier molecular flexibility index (Phi) is 5.61. The average Bonchev–Trinajstić information content (AvgIpc) is 3.61. The zero-order chi connectivity index (χ0) is 23.5. The lowest BCUT2D eigenvalue weighted by molar-refractivity contribution is 0.0600. The predicted octanol–water partition coefficient (Wildman–Crippen LogP) is 4.87. The number of hydrogen-bond acceptors (Lipinski definition) is 7. The number of nitrogens with zero attached hydrogens (tertiary/aromatic N) is 2. The number of amides is 1. The summed E-state index contributed by atoms with van der Waals surface area (Å²) in [6, 6.07) is 19.2. The van der Waals surface area contributed by atoms with Crippen molar-refractivity contribution in [2.75, 3.05) is 7.11 Å². The molecule has 1 N–H and O–H groups in total. The van der Waals surface area contributed by atoms with Crippen LogP contribution in [0.2, 0.25) is 0 Å². The van der Waals surface area contributed by atoms with Crippen LogP contribution in [-0.4, -0.2) is 29.0 Å². The molecule has 0 saturated carbocycles. The van der Waals surface area contributed by atoms with Crippen LogP contribution in [0.3, 0.4) is 0 Å². The van der Waals surface area contributed by atoms with E-state index in [-0.39, 0.29) is 5.91 Å². The number of aromatic nitrogens is 2. The number of carbonyl (C=O) groups excluding carboxylic acids is 2. The van der Waals surface area contributed by atoms with Gasteiger partial charge in [-0.1, -0.05) is 12.1 Å². The summed E-state index contributed by atoms with van der Waals surface area (Å²) in [5.74, 6) is 0.458. The zero-order valence-electron chi connectivity index (χ0n) is 18.1. The van der Waals surface area contributed by atoms with E-state index >= 15 is 0 Å². The summed E-state index contributed by atoms with van der Waals surface area (Å²) in [4.78, 5) is 33.8. The third kappa shape index (κ3) is 4.16. The van der Waals surface area contributed by atoms with E-state index in [0.29, 0.717) is 51.6 Å². The molecule has 0 saturated heterocycles. The Labute approximate surface area is 194 Å². The molecule has 0 unspecified atom stereocenters. The fourth-order valence-electron chi connectivity index (χ4n) is 3.53. The first-order chi connectivity index (χ1) is 16.6. The average molecular weight is 453 g/mol. The fraction of sp³-hybridized carbons (Fsp3) is 0.0769. The molecule has 0 fully saturated rings. The minimum absolute atomic E-state index is 0.254. The molecule has 0 spiro atoms. The highest BCUT2D eigenvalue weighted by molar-refractivity contribution is 5.98. The van der Waals surface area contributed by atoms with Crippen molar-refractivity contribution in [2.24, 2.45) is 0 Å². The van der Waals surface area contributed by atoms with Crippen LogP contribution < -0.4 is 5.32 Å². The van der Waals surface area contributed by atoms with Gasteiger partial charge >= 0.3 is 5.97 Å². The minimum Gasteiger partial charge on any atom is -0.465 e. The maximum absolute atomic E-state index is 12.8. The summed E-state index contributed by atoms with van der Waals surface area (Å²) in [5, 5.41) is 2.88. The van der Waals surface area contributed by atoms with Crippen LogP contribution in [0.5, 0.6) is 0 Å².